The Morgan fingerprint density at radius 3 is 2.55 bits per heavy atom. The zero-order valence-corrected chi connectivity index (χ0v) is 19.6. The molecule has 2 fully saturated rings. The molecule has 3 aromatic rings. The van der Waals surface area contributed by atoms with Crippen molar-refractivity contribution < 1.29 is 4.79 Å². The van der Waals surface area contributed by atoms with Crippen molar-refractivity contribution in [3.05, 3.63) is 66.0 Å². The van der Waals surface area contributed by atoms with Crippen LogP contribution in [0.5, 0.6) is 0 Å². The summed E-state index contributed by atoms with van der Waals surface area (Å²) in [5.74, 6) is 0.779. The van der Waals surface area contributed by atoms with Crippen molar-refractivity contribution >= 4 is 16.9 Å². The molecule has 174 valence electrons. The summed E-state index contributed by atoms with van der Waals surface area (Å²) < 4.78 is 2.32. The normalized spacial score (nSPS) is 18.5. The smallest absolute Gasteiger partial charge is 0.251 e. The number of benzene rings is 2. The molecular formula is C28H36N4O. The van der Waals surface area contributed by atoms with Crippen molar-refractivity contribution in [1.82, 2.24) is 19.8 Å². The van der Waals surface area contributed by atoms with Crippen LogP contribution in [-0.4, -0.2) is 46.5 Å². The molecule has 0 unspecified atom stereocenters. The summed E-state index contributed by atoms with van der Waals surface area (Å²) in [6.45, 7) is 3.86. The van der Waals surface area contributed by atoms with Gasteiger partial charge in [-0.05, 0) is 74.9 Å². The number of rotatable bonds is 7. The predicted molar refractivity (Wildman–Crippen MR) is 133 cm³/mol. The number of carbonyl (C=O) groups is 1. The van der Waals surface area contributed by atoms with Gasteiger partial charge in [-0.15, -0.1) is 0 Å². The van der Waals surface area contributed by atoms with E-state index in [4.69, 9.17) is 0 Å². The Morgan fingerprint density at radius 1 is 0.970 bits per heavy atom. The van der Waals surface area contributed by atoms with Crippen molar-refractivity contribution in [1.29, 1.82) is 0 Å². The predicted octanol–water partition coefficient (Wildman–Crippen LogP) is 5.23. The van der Waals surface area contributed by atoms with Crippen LogP contribution in [0.15, 0.2) is 54.9 Å². The minimum atomic E-state index is 0.00285. The first-order chi connectivity index (χ1) is 16.3. The van der Waals surface area contributed by atoms with E-state index in [2.05, 4.69) is 56.2 Å². The van der Waals surface area contributed by atoms with E-state index in [-0.39, 0.29) is 5.91 Å². The summed E-state index contributed by atoms with van der Waals surface area (Å²) in [7, 11) is 0. The molecule has 2 aliphatic rings. The summed E-state index contributed by atoms with van der Waals surface area (Å²) in [4.78, 5) is 19.8. The average molecular weight is 445 g/mol. The first-order valence-electron chi connectivity index (χ1n) is 12.8. The van der Waals surface area contributed by atoms with Crippen LogP contribution in [0.3, 0.4) is 0 Å². The van der Waals surface area contributed by atoms with E-state index in [1.807, 2.05) is 18.5 Å². The van der Waals surface area contributed by atoms with Gasteiger partial charge in [-0.2, -0.15) is 0 Å². The van der Waals surface area contributed by atoms with Crippen molar-refractivity contribution in [2.24, 2.45) is 5.92 Å². The number of piperidine rings is 1. The maximum absolute atomic E-state index is 12.7. The number of imidazole rings is 1. The van der Waals surface area contributed by atoms with Crippen molar-refractivity contribution in [2.45, 2.75) is 57.4 Å². The van der Waals surface area contributed by atoms with Gasteiger partial charge in [0, 0.05) is 24.7 Å². The topological polar surface area (TPSA) is 50.2 Å². The van der Waals surface area contributed by atoms with Gasteiger partial charge in [-0.1, -0.05) is 49.6 Å². The quantitative estimate of drug-likeness (QED) is 0.543. The molecule has 1 aromatic heterocycles. The molecule has 2 heterocycles. The molecule has 0 spiro atoms. The summed E-state index contributed by atoms with van der Waals surface area (Å²) in [6, 6.07) is 17.3. The van der Waals surface area contributed by atoms with Gasteiger partial charge in [0.1, 0.15) is 0 Å². The van der Waals surface area contributed by atoms with Crippen molar-refractivity contribution in [3.63, 3.8) is 0 Å². The number of carbonyl (C=O) groups excluding carboxylic acids is 1. The van der Waals surface area contributed by atoms with Crippen LogP contribution >= 0.6 is 0 Å². The van der Waals surface area contributed by atoms with E-state index in [1.54, 1.807) is 0 Å². The molecule has 0 radical (unpaired) electrons. The Bertz CT molecular complexity index is 1050. The van der Waals surface area contributed by atoms with Gasteiger partial charge in [0.2, 0.25) is 0 Å². The summed E-state index contributed by atoms with van der Waals surface area (Å²) in [5.41, 5.74) is 4.23. The second kappa shape index (κ2) is 10.5. The zero-order valence-electron chi connectivity index (χ0n) is 19.6. The Kier molecular flexibility index (Phi) is 7.06. The first-order valence-corrected chi connectivity index (χ1v) is 12.8. The number of hydrogen-bond donors (Lipinski definition) is 1. The van der Waals surface area contributed by atoms with E-state index in [0.29, 0.717) is 18.2 Å². The fourth-order valence-corrected chi connectivity index (χ4v) is 5.61. The third-order valence-electron chi connectivity index (χ3n) is 7.59. The molecule has 1 amide bonds. The second-order valence-electron chi connectivity index (χ2n) is 9.88. The van der Waals surface area contributed by atoms with E-state index >= 15 is 0 Å². The number of likely N-dealkylation sites (tertiary alicyclic amines) is 1. The number of aromatic nitrogens is 2. The van der Waals surface area contributed by atoms with Crippen molar-refractivity contribution in [3.8, 4) is 0 Å². The highest BCUT2D eigenvalue weighted by atomic mass is 16.1. The minimum absolute atomic E-state index is 0.00285. The monoisotopic (exact) mass is 444 g/mol. The molecule has 33 heavy (non-hydrogen) atoms. The molecule has 5 nitrogen and oxygen atoms in total. The fraction of sp³-hybridized carbons (Fsp3) is 0.500. The molecule has 1 saturated heterocycles. The molecule has 5 rings (SSSR count). The summed E-state index contributed by atoms with van der Waals surface area (Å²) in [5, 5.41) is 3.12. The van der Waals surface area contributed by atoms with Gasteiger partial charge in [0.25, 0.3) is 5.91 Å². The van der Waals surface area contributed by atoms with Gasteiger partial charge in [0.15, 0.2) is 0 Å². The Labute approximate surface area is 197 Å². The second-order valence-corrected chi connectivity index (χ2v) is 9.88. The largest absolute Gasteiger partial charge is 0.351 e. The number of amides is 1. The van der Waals surface area contributed by atoms with Crippen LogP contribution in [0.1, 0.15) is 66.9 Å². The highest BCUT2D eigenvalue weighted by molar-refractivity contribution is 5.97. The molecule has 1 aliphatic heterocycles. The average Bonchev–Trinajstić information content (AvgIpc) is 3.29. The van der Waals surface area contributed by atoms with Gasteiger partial charge in [-0.3, -0.25) is 4.79 Å². The number of hydrogen-bond acceptors (Lipinski definition) is 3. The zero-order chi connectivity index (χ0) is 22.5. The molecule has 5 heteroatoms. The number of fused-ring (bicyclic) bond motifs is 1. The van der Waals surface area contributed by atoms with Gasteiger partial charge < -0.3 is 14.8 Å². The van der Waals surface area contributed by atoms with Gasteiger partial charge >= 0.3 is 0 Å². The SMILES string of the molecule is O=C(NCCN1CCC(Cc2ccccc2)CC1)c1ccc2c(c1)ncn2C1CCCCC1. The van der Waals surface area contributed by atoms with E-state index in [9.17, 15) is 4.79 Å². The van der Waals surface area contributed by atoms with E-state index in [1.165, 1.54) is 56.9 Å². The van der Waals surface area contributed by atoms with Crippen LogP contribution in [0.4, 0.5) is 0 Å². The number of nitrogens with one attached hydrogen (secondary N) is 1. The Morgan fingerprint density at radius 2 is 1.76 bits per heavy atom. The third-order valence-corrected chi connectivity index (χ3v) is 7.59. The van der Waals surface area contributed by atoms with Gasteiger partial charge in [-0.25, -0.2) is 4.98 Å². The van der Waals surface area contributed by atoms with Crippen molar-refractivity contribution in [2.75, 3.05) is 26.2 Å². The highest BCUT2D eigenvalue weighted by Gasteiger charge is 2.20. The van der Waals surface area contributed by atoms with Crippen LogP contribution in [0.25, 0.3) is 11.0 Å². The molecule has 1 N–H and O–H groups in total. The molecule has 1 saturated carbocycles. The lowest BCUT2D eigenvalue weighted by molar-refractivity contribution is 0.0944. The molecule has 2 aromatic carbocycles. The third kappa shape index (κ3) is 5.47. The first kappa shape index (κ1) is 22.1. The lowest BCUT2D eigenvalue weighted by Crippen LogP contribution is -2.39. The molecule has 0 atom stereocenters. The summed E-state index contributed by atoms with van der Waals surface area (Å²) in [6.07, 6.45) is 12.0. The van der Waals surface area contributed by atoms with Crippen LogP contribution in [0.2, 0.25) is 0 Å². The van der Waals surface area contributed by atoms with E-state index < -0.39 is 0 Å². The summed E-state index contributed by atoms with van der Waals surface area (Å²) >= 11 is 0. The standard InChI is InChI=1S/C28H36N4O/c33-28(24-11-12-27-26(20-24)30-21-32(27)25-9-5-2-6-10-25)29-15-18-31-16-13-23(14-17-31)19-22-7-3-1-4-8-22/h1,3-4,7-8,11-12,20-21,23,25H,2,5-6,9-10,13-19H2,(H,29,33). The number of nitrogens with zero attached hydrogens (tertiary/aromatic N) is 3. The molecular weight excluding hydrogens is 408 g/mol. The molecule has 1 aliphatic carbocycles. The van der Waals surface area contributed by atoms with Gasteiger partial charge in [0.05, 0.1) is 17.4 Å². The van der Waals surface area contributed by atoms with Crippen LogP contribution in [-0.2, 0) is 6.42 Å². The maximum Gasteiger partial charge on any atom is 0.251 e. The lowest BCUT2D eigenvalue weighted by atomic mass is 9.90. The fourth-order valence-electron chi connectivity index (χ4n) is 5.61. The molecule has 0 bridgehead atoms. The van der Waals surface area contributed by atoms with Crippen LogP contribution < -0.4 is 5.32 Å². The van der Waals surface area contributed by atoms with E-state index in [0.717, 1.165) is 36.6 Å². The highest BCUT2D eigenvalue weighted by Crippen LogP contribution is 2.31. The maximum atomic E-state index is 12.7. The lowest BCUT2D eigenvalue weighted by Gasteiger charge is -2.32. The minimum Gasteiger partial charge on any atom is -0.351 e. The van der Waals surface area contributed by atoms with Crippen LogP contribution in [0, 0.1) is 5.92 Å². The Hall–Kier alpha value is -2.66. The Balaban J connectivity index is 1.08.